The average Bonchev–Trinajstić information content (AvgIpc) is 2.62. The van der Waals surface area contributed by atoms with Crippen LogP contribution in [0, 0.1) is 17.0 Å². The molecule has 0 bridgehead atoms. The summed E-state index contributed by atoms with van der Waals surface area (Å²) in [6.07, 6.45) is -1.49. The number of hydrogen-bond acceptors (Lipinski definition) is 4. The van der Waals surface area contributed by atoms with Crippen LogP contribution >= 0.6 is 11.6 Å². The first-order chi connectivity index (χ1) is 12.8. The third-order valence-corrected chi connectivity index (χ3v) is 4.19. The molecule has 6 nitrogen and oxygen atoms in total. The molecule has 0 aliphatic rings. The summed E-state index contributed by atoms with van der Waals surface area (Å²) in [4.78, 5) is 12.4. The Labute approximate surface area is 159 Å². The van der Waals surface area contributed by atoms with Crippen molar-refractivity contribution in [1.82, 2.24) is 5.32 Å². The number of nitrogens with two attached hydrogens (primary N) is 1. The number of nitrogens with one attached hydrogen (secondary N) is 2. The summed E-state index contributed by atoms with van der Waals surface area (Å²) in [5.74, 6) is -2.82. The SMILES string of the molecule is COc1cc(F)c([C@H](OC)C(=O)NCc2ccc(C(=N)N)cc2Cl)c(F)c1. The molecule has 0 aliphatic heterocycles. The normalized spacial score (nSPS) is 11.7. The van der Waals surface area contributed by atoms with Gasteiger partial charge in [0, 0.05) is 36.4 Å². The molecular weight excluding hydrogens is 380 g/mol. The zero-order valence-corrected chi connectivity index (χ0v) is 15.4. The first-order valence-corrected chi connectivity index (χ1v) is 8.12. The molecule has 0 spiro atoms. The molecule has 0 unspecified atom stereocenters. The molecule has 0 aromatic heterocycles. The lowest BCUT2D eigenvalue weighted by Crippen LogP contribution is -2.31. The molecule has 0 saturated heterocycles. The van der Waals surface area contributed by atoms with Gasteiger partial charge in [0.2, 0.25) is 0 Å². The summed E-state index contributed by atoms with van der Waals surface area (Å²) < 4.78 is 38.2. The monoisotopic (exact) mass is 397 g/mol. The van der Waals surface area contributed by atoms with E-state index in [1.54, 1.807) is 12.1 Å². The van der Waals surface area contributed by atoms with Crippen LogP contribution in [0.25, 0.3) is 0 Å². The van der Waals surface area contributed by atoms with Crippen LogP contribution < -0.4 is 15.8 Å². The summed E-state index contributed by atoms with van der Waals surface area (Å²) in [5, 5.41) is 10.2. The number of hydrogen-bond donors (Lipinski definition) is 3. The third-order valence-electron chi connectivity index (χ3n) is 3.84. The van der Waals surface area contributed by atoms with Crippen LogP contribution in [0.1, 0.15) is 22.8 Å². The number of amides is 1. The van der Waals surface area contributed by atoms with Crippen LogP contribution in [0.3, 0.4) is 0 Å². The Hall–Kier alpha value is -2.71. The fourth-order valence-electron chi connectivity index (χ4n) is 2.42. The van der Waals surface area contributed by atoms with Crippen LogP contribution in [0.2, 0.25) is 5.02 Å². The van der Waals surface area contributed by atoms with Gasteiger partial charge in [0.05, 0.1) is 12.7 Å². The molecule has 0 fully saturated rings. The fraction of sp³-hybridized carbons (Fsp3) is 0.222. The van der Waals surface area contributed by atoms with Crippen molar-refractivity contribution >= 4 is 23.3 Å². The Morgan fingerprint density at radius 2 is 1.89 bits per heavy atom. The van der Waals surface area contributed by atoms with Crippen molar-refractivity contribution in [3.8, 4) is 5.75 Å². The van der Waals surface area contributed by atoms with Crippen molar-refractivity contribution in [2.24, 2.45) is 5.73 Å². The van der Waals surface area contributed by atoms with Crippen molar-refractivity contribution in [3.63, 3.8) is 0 Å². The number of rotatable bonds is 7. The maximum absolute atomic E-state index is 14.2. The van der Waals surface area contributed by atoms with Gasteiger partial charge in [-0.2, -0.15) is 0 Å². The molecule has 9 heteroatoms. The zero-order chi connectivity index (χ0) is 20.1. The molecule has 0 radical (unpaired) electrons. The van der Waals surface area contributed by atoms with Gasteiger partial charge in [-0.15, -0.1) is 0 Å². The van der Waals surface area contributed by atoms with Gasteiger partial charge in [0.15, 0.2) is 6.10 Å². The first-order valence-electron chi connectivity index (χ1n) is 7.74. The lowest BCUT2D eigenvalue weighted by atomic mass is 10.1. The highest BCUT2D eigenvalue weighted by molar-refractivity contribution is 6.31. The summed E-state index contributed by atoms with van der Waals surface area (Å²) in [6, 6.07) is 6.59. The minimum absolute atomic E-state index is 0.00486. The molecular formula is C18H18ClF2N3O3. The topological polar surface area (TPSA) is 97.4 Å². The van der Waals surface area contributed by atoms with E-state index >= 15 is 0 Å². The molecule has 0 heterocycles. The van der Waals surface area contributed by atoms with E-state index in [0.717, 1.165) is 12.1 Å². The third kappa shape index (κ3) is 4.72. The first kappa shape index (κ1) is 20.6. The molecule has 144 valence electrons. The van der Waals surface area contributed by atoms with Gasteiger partial charge in [0.25, 0.3) is 5.91 Å². The summed E-state index contributed by atoms with van der Waals surface area (Å²) in [7, 11) is 2.44. The van der Waals surface area contributed by atoms with Crippen LogP contribution in [0.4, 0.5) is 8.78 Å². The van der Waals surface area contributed by atoms with E-state index in [9.17, 15) is 13.6 Å². The minimum atomic E-state index is -1.49. The molecule has 4 N–H and O–H groups in total. The van der Waals surface area contributed by atoms with E-state index in [1.165, 1.54) is 20.3 Å². The molecule has 1 amide bonds. The Balaban J connectivity index is 2.18. The number of benzene rings is 2. The van der Waals surface area contributed by atoms with E-state index in [4.69, 9.17) is 32.2 Å². The largest absolute Gasteiger partial charge is 0.497 e. The van der Waals surface area contributed by atoms with E-state index in [-0.39, 0.29) is 18.1 Å². The second-order valence-corrected chi connectivity index (χ2v) is 5.97. The Morgan fingerprint density at radius 1 is 1.26 bits per heavy atom. The highest BCUT2D eigenvalue weighted by atomic mass is 35.5. The van der Waals surface area contributed by atoms with Crippen LogP contribution in [-0.2, 0) is 16.1 Å². The maximum atomic E-state index is 14.2. The number of nitrogen functional groups attached to an aromatic ring is 1. The lowest BCUT2D eigenvalue weighted by Gasteiger charge is -2.18. The van der Waals surface area contributed by atoms with Crippen LogP contribution in [-0.4, -0.2) is 26.0 Å². The molecule has 27 heavy (non-hydrogen) atoms. The van der Waals surface area contributed by atoms with Gasteiger partial charge in [-0.05, 0) is 11.6 Å². The second kappa shape index (κ2) is 8.79. The van der Waals surface area contributed by atoms with Gasteiger partial charge in [-0.3, -0.25) is 10.2 Å². The summed E-state index contributed by atoms with van der Waals surface area (Å²) in [6.45, 7) is -0.00486. The van der Waals surface area contributed by atoms with Crippen molar-refractivity contribution < 1.29 is 23.0 Å². The fourth-order valence-corrected chi connectivity index (χ4v) is 2.67. The van der Waals surface area contributed by atoms with Gasteiger partial charge in [0.1, 0.15) is 23.2 Å². The Bertz CT molecular complexity index is 854. The molecule has 2 aromatic carbocycles. The Kier molecular flexibility index (Phi) is 6.70. The van der Waals surface area contributed by atoms with Crippen molar-refractivity contribution in [3.05, 3.63) is 63.7 Å². The molecule has 0 saturated carbocycles. The van der Waals surface area contributed by atoms with Crippen molar-refractivity contribution in [2.75, 3.05) is 14.2 Å². The quantitative estimate of drug-likeness (QED) is 0.494. The van der Waals surface area contributed by atoms with Gasteiger partial charge in [-0.1, -0.05) is 23.7 Å². The number of methoxy groups -OCH3 is 2. The molecule has 0 aliphatic carbocycles. The molecule has 2 aromatic rings. The average molecular weight is 398 g/mol. The minimum Gasteiger partial charge on any atom is -0.497 e. The van der Waals surface area contributed by atoms with E-state index in [0.29, 0.717) is 16.1 Å². The van der Waals surface area contributed by atoms with Crippen molar-refractivity contribution in [1.29, 1.82) is 5.41 Å². The maximum Gasteiger partial charge on any atom is 0.254 e. The Morgan fingerprint density at radius 3 is 2.37 bits per heavy atom. The summed E-state index contributed by atoms with van der Waals surface area (Å²) >= 11 is 6.10. The van der Waals surface area contributed by atoms with E-state index in [1.807, 2.05) is 0 Å². The highest BCUT2D eigenvalue weighted by Crippen LogP contribution is 2.28. The summed E-state index contributed by atoms with van der Waals surface area (Å²) in [5.41, 5.74) is 5.84. The van der Waals surface area contributed by atoms with Gasteiger partial charge >= 0.3 is 0 Å². The lowest BCUT2D eigenvalue weighted by molar-refractivity contribution is -0.131. The number of amidine groups is 1. The highest BCUT2D eigenvalue weighted by Gasteiger charge is 2.27. The number of carbonyl (C=O) groups is 1. The zero-order valence-electron chi connectivity index (χ0n) is 14.6. The number of carbonyl (C=O) groups excluding carboxylic acids is 1. The predicted molar refractivity (Wildman–Crippen MR) is 97.0 cm³/mol. The van der Waals surface area contributed by atoms with Crippen LogP contribution in [0.5, 0.6) is 5.75 Å². The van der Waals surface area contributed by atoms with E-state index in [2.05, 4.69) is 5.32 Å². The number of ether oxygens (including phenoxy) is 2. The van der Waals surface area contributed by atoms with Gasteiger partial charge in [-0.25, -0.2) is 8.78 Å². The second-order valence-electron chi connectivity index (χ2n) is 5.56. The van der Waals surface area contributed by atoms with Crippen molar-refractivity contribution in [2.45, 2.75) is 12.6 Å². The molecule has 1 atom stereocenters. The van der Waals surface area contributed by atoms with Crippen LogP contribution in [0.15, 0.2) is 30.3 Å². The van der Waals surface area contributed by atoms with E-state index < -0.39 is 29.2 Å². The standard InChI is InChI=1S/C18H18ClF2N3O3/c1-26-11-6-13(20)15(14(21)7-11)16(27-2)18(25)24-8-10-4-3-9(17(22)23)5-12(10)19/h3-7,16H,8H2,1-2H3,(H3,22,23)(H,24,25)/t16-/m0/s1. The number of halogens is 3. The molecule has 2 rings (SSSR count). The predicted octanol–water partition coefficient (Wildman–Crippen LogP) is 2.91. The van der Waals surface area contributed by atoms with Gasteiger partial charge < -0.3 is 20.5 Å². The smallest absolute Gasteiger partial charge is 0.254 e.